The minimum atomic E-state index is -1.34. The van der Waals surface area contributed by atoms with Crippen molar-refractivity contribution < 1.29 is 19.1 Å². The van der Waals surface area contributed by atoms with E-state index in [0.29, 0.717) is 0 Å². The van der Waals surface area contributed by atoms with E-state index in [2.05, 4.69) is 10.6 Å². The average molecular weight is 348 g/mol. The molecule has 0 radical (unpaired) electrons. The van der Waals surface area contributed by atoms with E-state index in [1.165, 1.54) is 6.92 Å². The molecule has 136 valence electrons. The Balaban J connectivity index is 2.78. The molecule has 0 aliphatic carbocycles. The molecule has 1 aromatic rings. The Morgan fingerprint density at radius 2 is 1.84 bits per heavy atom. The lowest BCUT2D eigenvalue weighted by Gasteiger charge is -2.32. The van der Waals surface area contributed by atoms with Crippen molar-refractivity contribution in [3.8, 4) is 0 Å². The van der Waals surface area contributed by atoms with Gasteiger partial charge in [0.15, 0.2) is 0 Å². The number of ether oxygens (including phenoxy) is 1. The number of benzene rings is 1. The fraction of sp³-hybridized carbons (Fsp3) is 0.353. The molecule has 1 rings (SSSR count). The van der Waals surface area contributed by atoms with Crippen LogP contribution in [0.25, 0.3) is 0 Å². The Labute approximate surface area is 146 Å². The first-order chi connectivity index (χ1) is 11.7. The zero-order valence-electron chi connectivity index (χ0n) is 14.5. The summed E-state index contributed by atoms with van der Waals surface area (Å²) in [7, 11) is 0. The summed E-state index contributed by atoms with van der Waals surface area (Å²) in [6.07, 6.45) is 0.141. The molecule has 0 aliphatic rings. The van der Waals surface area contributed by atoms with Gasteiger partial charge in [-0.05, 0) is 18.4 Å². The molecule has 3 amide bonds. The van der Waals surface area contributed by atoms with Gasteiger partial charge in [0.2, 0.25) is 5.91 Å². The highest BCUT2D eigenvalue weighted by molar-refractivity contribution is 5.99. The van der Waals surface area contributed by atoms with Crippen LogP contribution in [0.3, 0.4) is 0 Å². The average Bonchev–Trinajstić information content (AvgIpc) is 2.57. The predicted octanol–water partition coefficient (Wildman–Crippen LogP) is 0.729. The van der Waals surface area contributed by atoms with Crippen LogP contribution in [0.4, 0.5) is 4.79 Å². The van der Waals surface area contributed by atoms with Gasteiger partial charge in [0.05, 0.1) is 0 Å². The van der Waals surface area contributed by atoms with Gasteiger partial charge in [-0.3, -0.25) is 9.59 Å². The molecule has 25 heavy (non-hydrogen) atoms. The quantitative estimate of drug-likeness (QED) is 0.538. The summed E-state index contributed by atoms with van der Waals surface area (Å²) >= 11 is 0. The van der Waals surface area contributed by atoms with E-state index < -0.39 is 23.4 Å². The molecule has 1 aromatic carbocycles. The second-order valence-electron chi connectivity index (χ2n) is 5.94. The number of primary amides is 1. The lowest BCUT2D eigenvalue weighted by atomic mass is 9.87. The van der Waals surface area contributed by atoms with Crippen molar-refractivity contribution in [3.05, 3.63) is 47.8 Å². The molecule has 0 spiro atoms. The Hall–Kier alpha value is -3.03. The van der Waals surface area contributed by atoms with Gasteiger partial charge < -0.3 is 26.8 Å². The van der Waals surface area contributed by atoms with Crippen LogP contribution in [-0.4, -0.2) is 23.4 Å². The summed E-state index contributed by atoms with van der Waals surface area (Å²) in [6.45, 7) is 5.07. The smallest absolute Gasteiger partial charge is 0.408 e. The summed E-state index contributed by atoms with van der Waals surface area (Å²) in [5.74, 6) is -1.81. The number of rotatable bonds is 7. The summed E-state index contributed by atoms with van der Waals surface area (Å²) in [6, 6.07) is 9.13. The lowest BCUT2D eigenvalue weighted by Crippen LogP contribution is -2.60. The van der Waals surface area contributed by atoms with E-state index in [9.17, 15) is 14.4 Å². The largest absolute Gasteiger partial charge is 0.445 e. The van der Waals surface area contributed by atoms with Crippen molar-refractivity contribution in [2.24, 2.45) is 17.4 Å². The maximum Gasteiger partial charge on any atom is 0.408 e. The first-order valence-electron chi connectivity index (χ1n) is 7.72. The van der Waals surface area contributed by atoms with Crippen LogP contribution in [-0.2, 0) is 20.9 Å². The molecule has 0 aromatic heterocycles. The Morgan fingerprint density at radius 1 is 1.24 bits per heavy atom. The van der Waals surface area contributed by atoms with Crippen molar-refractivity contribution >= 4 is 17.9 Å². The second kappa shape index (κ2) is 8.72. The van der Waals surface area contributed by atoms with E-state index in [1.807, 2.05) is 30.3 Å². The molecule has 0 unspecified atom stereocenters. The number of hydrogen-bond acceptors (Lipinski definition) is 5. The first kappa shape index (κ1) is 20.0. The Bertz CT molecular complexity index is 658. The monoisotopic (exact) mass is 348 g/mol. The molecule has 0 saturated heterocycles. The molecular formula is C17H24N4O4. The zero-order valence-corrected chi connectivity index (χ0v) is 14.5. The molecule has 0 fully saturated rings. The van der Waals surface area contributed by atoms with Gasteiger partial charge in [-0.2, -0.15) is 0 Å². The van der Waals surface area contributed by atoms with Crippen molar-refractivity contribution in [2.45, 2.75) is 32.9 Å². The number of nitrogens with two attached hydrogens (primary N) is 2. The van der Waals surface area contributed by atoms with Gasteiger partial charge in [-0.15, -0.1) is 0 Å². The fourth-order valence-electron chi connectivity index (χ4n) is 1.87. The van der Waals surface area contributed by atoms with E-state index >= 15 is 0 Å². The number of nitrogens with one attached hydrogen (secondary N) is 2. The third kappa shape index (κ3) is 5.52. The SMILES string of the molecule is CC(C)[C@](C)(NC(=O)OCc1ccccc1)C(=O)N/C(=C\N)C(N)=O. The van der Waals surface area contributed by atoms with Crippen LogP contribution in [0.1, 0.15) is 26.3 Å². The van der Waals surface area contributed by atoms with Crippen LogP contribution in [0.15, 0.2) is 42.2 Å². The standard InChI is InChI=1S/C17H24N4O4/c1-11(2)17(3,15(23)20-13(9-18)14(19)22)21-16(24)25-10-12-7-5-4-6-8-12/h4-9,11H,10,18H2,1-3H3,(H2,19,22)(H,20,23)(H,21,24)/b13-9-/t17-/m0/s1. The van der Waals surface area contributed by atoms with E-state index in [0.717, 1.165) is 11.8 Å². The van der Waals surface area contributed by atoms with Gasteiger partial charge in [-0.25, -0.2) is 4.79 Å². The van der Waals surface area contributed by atoms with Crippen LogP contribution >= 0.6 is 0 Å². The van der Waals surface area contributed by atoms with Crippen molar-refractivity contribution in [1.82, 2.24) is 10.6 Å². The maximum absolute atomic E-state index is 12.5. The highest BCUT2D eigenvalue weighted by atomic mass is 16.5. The highest BCUT2D eigenvalue weighted by Gasteiger charge is 2.39. The Morgan fingerprint density at radius 3 is 2.32 bits per heavy atom. The van der Waals surface area contributed by atoms with Crippen LogP contribution in [0.2, 0.25) is 0 Å². The minimum Gasteiger partial charge on any atom is -0.445 e. The number of carbonyl (C=O) groups is 3. The highest BCUT2D eigenvalue weighted by Crippen LogP contribution is 2.18. The Kier molecular flexibility index (Phi) is 6.98. The molecule has 6 N–H and O–H groups in total. The van der Waals surface area contributed by atoms with Crippen LogP contribution in [0.5, 0.6) is 0 Å². The molecule has 0 aliphatic heterocycles. The molecule has 1 atom stereocenters. The topological polar surface area (TPSA) is 137 Å². The summed E-state index contributed by atoms with van der Waals surface area (Å²) in [5, 5.41) is 4.86. The van der Waals surface area contributed by atoms with E-state index in [-0.39, 0.29) is 18.2 Å². The normalized spacial score (nSPS) is 13.7. The third-order valence-corrected chi connectivity index (χ3v) is 3.88. The molecular weight excluding hydrogens is 324 g/mol. The zero-order chi connectivity index (χ0) is 19.0. The lowest BCUT2D eigenvalue weighted by molar-refractivity contribution is -0.129. The number of carbonyl (C=O) groups excluding carboxylic acids is 3. The first-order valence-corrected chi connectivity index (χ1v) is 7.72. The minimum absolute atomic E-state index is 0.0672. The second-order valence-corrected chi connectivity index (χ2v) is 5.94. The number of hydrogen-bond donors (Lipinski definition) is 4. The van der Waals surface area contributed by atoms with Crippen molar-refractivity contribution in [3.63, 3.8) is 0 Å². The third-order valence-electron chi connectivity index (χ3n) is 3.88. The molecule has 0 heterocycles. The summed E-state index contributed by atoms with van der Waals surface area (Å²) in [5.41, 5.74) is 9.61. The van der Waals surface area contributed by atoms with Gasteiger partial charge >= 0.3 is 6.09 Å². The van der Waals surface area contributed by atoms with Crippen LogP contribution < -0.4 is 22.1 Å². The van der Waals surface area contributed by atoms with Crippen molar-refractivity contribution in [2.75, 3.05) is 0 Å². The van der Waals surface area contributed by atoms with Gasteiger partial charge in [-0.1, -0.05) is 44.2 Å². The van der Waals surface area contributed by atoms with Gasteiger partial charge in [0, 0.05) is 6.20 Å². The van der Waals surface area contributed by atoms with Gasteiger partial charge in [0.1, 0.15) is 17.8 Å². The number of alkyl carbamates (subject to hydrolysis) is 1. The van der Waals surface area contributed by atoms with Gasteiger partial charge in [0.25, 0.3) is 5.91 Å². The van der Waals surface area contributed by atoms with Crippen molar-refractivity contribution in [1.29, 1.82) is 0 Å². The van der Waals surface area contributed by atoms with E-state index in [4.69, 9.17) is 16.2 Å². The van der Waals surface area contributed by atoms with Crippen LogP contribution in [0, 0.1) is 5.92 Å². The van der Waals surface area contributed by atoms with E-state index in [1.54, 1.807) is 13.8 Å². The molecule has 8 heteroatoms. The fourth-order valence-corrected chi connectivity index (χ4v) is 1.87. The number of amides is 3. The summed E-state index contributed by atoms with van der Waals surface area (Å²) < 4.78 is 5.14. The maximum atomic E-state index is 12.5. The predicted molar refractivity (Wildman–Crippen MR) is 92.6 cm³/mol. The molecule has 0 bridgehead atoms. The molecule has 8 nitrogen and oxygen atoms in total. The summed E-state index contributed by atoms with van der Waals surface area (Å²) in [4.78, 5) is 35.8. The molecule has 0 saturated carbocycles.